The third-order valence-corrected chi connectivity index (χ3v) is 13.1. The minimum Gasteiger partial charge on any atom is -0.481 e. The van der Waals surface area contributed by atoms with Gasteiger partial charge in [0.1, 0.15) is 13.2 Å². The molecule has 1 aliphatic heterocycles. The Hall–Kier alpha value is -8.14. The van der Waals surface area contributed by atoms with Gasteiger partial charge in [0, 0.05) is 31.2 Å². The molecule has 392 valence electrons. The summed E-state index contributed by atoms with van der Waals surface area (Å²) in [5.74, 6) is -2.77. The maximum atomic E-state index is 12.2. The number of benzene rings is 6. The first-order chi connectivity index (χ1) is 36.3. The number of carbonyl (C=O) groups excluding carboxylic acids is 4. The fourth-order valence-electron chi connectivity index (χ4n) is 9.14. The van der Waals surface area contributed by atoms with Gasteiger partial charge < -0.3 is 35.6 Å². The van der Waals surface area contributed by atoms with Crippen LogP contribution in [-0.2, 0) is 59.2 Å². The topological polar surface area (TPSA) is 215 Å². The number of carbonyl (C=O) groups is 6. The summed E-state index contributed by atoms with van der Waals surface area (Å²) in [6.45, 7) is 11.6. The molecule has 6 aromatic rings. The van der Waals surface area contributed by atoms with Gasteiger partial charge in [0.05, 0.1) is 12.8 Å². The molecule has 1 heterocycles. The zero-order valence-electron chi connectivity index (χ0n) is 42.7. The number of alkyl carbamates (subject to hydrolysis) is 1. The maximum absolute atomic E-state index is 12.2. The summed E-state index contributed by atoms with van der Waals surface area (Å²) < 4.78 is 10.7. The van der Waals surface area contributed by atoms with Crippen molar-refractivity contribution in [3.63, 3.8) is 0 Å². The lowest BCUT2D eigenvalue weighted by molar-refractivity contribution is -0.177. The molecule has 0 aromatic heterocycles. The first-order valence-electron chi connectivity index (χ1n) is 25.3. The number of nitrogens with one attached hydrogen (secondary N) is 1. The second kappa shape index (κ2) is 28.3. The number of amides is 3. The number of imide groups is 1. The van der Waals surface area contributed by atoms with E-state index in [4.69, 9.17) is 30.3 Å². The van der Waals surface area contributed by atoms with Crippen LogP contribution in [0.3, 0.4) is 0 Å². The van der Waals surface area contributed by atoms with E-state index in [0.29, 0.717) is 31.2 Å². The third-order valence-electron chi connectivity index (χ3n) is 13.1. The van der Waals surface area contributed by atoms with Crippen molar-refractivity contribution < 1.29 is 53.3 Å². The number of nitrogens with zero attached hydrogens (tertiary/aromatic N) is 2. The summed E-state index contributed by atoms with van der Waals surface area (Å²) in [6.07, 6.45) is 0.210. The summed E-state index contributed by atoms with van der Waals surface area (Å²) in [6, 6.07) is 47.3. The molecule has 1 fully saturated rings. The number of ether oxygens (including phenoxy) is 2. The van der Waals surface area contributed by atoms with E-state index >= 15 is 0 Å². The van der Waals surface area contributed by atoms with Crippen molar-refractivity contribution in [2.24, 2.45) is 5.73 Å². The number of hydroxylamine groups is 2. The lowest BCUT2D eigenvalue weighted by Crippen LogP contribution is -2.32. The van der Waals surface area contributed by atoms with Crippen LogP contribution in [0.15, 0.2) is 146 Å². The van der Waals surface area contributed by atoms with Gasteiger partial charge in [0.2, 0.25) is 0 Å². The van der Waals surface area contributed by atoms with Gasteiger partial charge >= 0.3 is 24.2 Å². The molecule has 1 saturated heterocycles. The standard InChI is InChI=1S/C25H23NO4.C19H15NO5.C10H13NO2.C6H15N/c27-24(28)15-18-11-9-17(10-12-18)13-14-26-25(29)30-16-23-21-7-3-1-5-19(21)20-6-2-4-8-22(20)23;21-17-9-10-18(22)20(17)25-19(23)24-11-16-14-7-3-1-5-12(14)13-6-2-4-8-15(13)16;11-6-5-8-1-3-9(4-2-8)7-10(12)13;1-4-7(5-2)6-3/h1-12,23H,13-16H2,(H,26,29)(H,27,28);1-8,16H,9-11H2;1-4H,5-7,11H2,(H,12,13);4-6H2,1-3H3. The van der Waals surface area contributed by atoms with Crippen molar-refractivity contribution in [1.82, 2.24) is 15.3 Å². The molecule has 0 spiro atoms. The average molecular weight is 1020 g/mol. The van der Waals surface area contributed by atoms with Gasteiger partial charge in [-0.2, -0.15) is 0 Å². The SMILES string of the molecule is CCN(CC)CC.NCCc1ccc(CC(=O)O)cc1.O=C(O)Cc1ccc(CCNC(=O)OCC2c3ccccc3-c3ccccc32)cc1.O=C(OCC1c2ccccc2-c2ccccc21)ON1C(=O)CCC1=O. The predicted molar refractivity (Wildman–Crippen MR) is 286 cm³/mol. The number of rotatable bonds is 17. The van der Waals surface area contributed by atoms with Crippen molar-refractivity contribution in [2.75, 3.05) is 45.9 Å². The van der Waals surface area contributed by atoms with Crippen molar-refractivity contribution in [3.05, 3.63) is 190 Å². The quantitative estimate of drug-likeness (QED) is 0.0495. The van der Waals surface area contributed by atoms with Crippen molar-refractivity contribution in [1.29, 1.82) is 0 Å². The number of carboxylic acid groups (broad SMARTS) is 2. The number of fused-ring (bicyclic) bond motifs is 6. The Labute approximate surface area is 438 Å². The van der Waals surface area contributed by atoms with Crippen LogP contribution in [0.1, 0.15) is 90.0 Å². The first kappa shape index (κ1) is 56.2. The van der Waals surface area contributed by atoms with E-state index in [0.717, 1.165) is 50.9 Å². The Kier molecular flexibility index (Phi) is 21.2. The highest BCUT2D eigenvalue weighted by atomic mass is 16.8. The number of nitrogens with two attached hydrogens (primary N) is 1. The molecule has 0 atom stereocenters. The fraction of sp³-hybridized carbons (Fsp3) is 0.300. The normalized spacial score (nSPS) is 12.8. The van der Waals surface area contributed by atoms with Gasteiger partial charge in [0.15, 0.2) is 0 Å². The first-order valence-corrected chi connectivity index (χ1v) is 25.3. The van der Waals surface area contributed by atoms with E-state index < -0.39 is 36.0 Å². The maximum Gasteiger partial charge on any atom is 0.533 e. The van der Waals surface area contributed by atoms with E-state index in [2.05, 4.69) is 55.3 Å². The number of hydrogen-bond donors (Lipinski definition) is 4. The Bertz CT molecular complexity index is 2770. The summed E-state index contributed by atoms with van der Waals surface area (Å²) in [4.78, 5) is 75.2. The highest BCUT2D eigenvalue weighted by molar-refractivity contribution is 6.01. The average Bonchev–Trinajstić information content (AvgIpc) is 4.04. The van der Waals surface area contributed by atoms with Gasteiger partial charge in [-0.05, 0) is 106 Å². The molecular formula is C60H66N4O11. The molecule has 0 saturated carbocycles. The number of aliphatic carboxylic acids is 2. The van der Waals surface area contributed by atoms with Crippen molar-refractivity contribution in [2.45, 2.75) is 71.1 Å². The second-order valence-corrected chi connectivity index (χ2v) is 17.9. The Balaban J connectivity index is 0.000000182. The van der Waals surface area contributed by atoms with E-state index in [9.17, 15) is 28.8 Å². The van der Waals surface area contributed by atoms with E-state index in [-0.39, 0.29) is 44.1 Å². The smallest absolute Gasteiger partial charge is 0.481 e. The summed E-state index contributed by atoms with van der Waals surface area (Å²) in [5.41, 5.74) is 18.3. The minimum absolute atomic E-state index is 0.0122. The minimum atomic E-state index is -1.05. The predicted octanol–water partition coefficient (Wildman–Crippen LogP) is 9.57. The highest BCUT2D eigenvalue weighted by Gasteiger charge is 2.35. The van der Waals surface area contributed by atoms with Crippen LogP contribution in [-0.4, -0.2) is 102 Å². The lowest BCUT2D eigenvalue weighted by Gasteiger charge is -2.16. The molecule has 6 aromatic carbocycles. The lowest BCUT2D eigenvalue weighted by atomic mass is 9.98. The van der Waals surface area contributed by atoms with Crippen LogP contribution in [0, 0.1) is 0 Å². The van der Waals surface area contributed by atoms with Crippen LogP contribution in [0.5, 0.6) is 0 Å². The van der Waals surface area contributed by atoms with Gasteiger partial charge in [-0.1, -0.05) is 171 Å². The van der Waals surface area contributed by atoms with E-state index in [1.54, 1.807) is 12.1 Å². The summed E-state index contributed by atoms with van der Waals surface area (Å²) in [5, 5.41) is 20.6. The largest absolute Gasteiger partial charge is 0.533 e. The Morgan fingerprint density at radius 3 is 1.27 bits per heavy atom. The molecule has 3 aliphatic rings. The second-order valence-electron chi connectivity index (χ2n) is 17.9. The molecule has 75 heavy (non-hydrogen) atoms. The molecule has 5 N–H and O–H groups in total. The van der Waals surface area contributed by atoms with Gasteiger partial charge in [-0.25, -0.2) is 9.59 Å². The highest BCUT2D eigenvalue weighted by Crippen LogP contribution is 2.45. The summed E-state index contributed by atoms with van der Waals surface area (Å²) >= 11 is 0. The monoisotopic (exact) mass is 1020 g/mol. The number of carboxylic acids is 2. The van der Waals surface area contributed by atoms with E-state index in [1.807, 2.05) is 109 Å². The number of hydrogen-bond acceptors (Lipinski definition) is 11. The van der Waals surface area contributed by atoms with Gasteiger partial charge in [-0.3, -0.25) is 24.0 Å². The fourth-order valence-corrected chi connectivity index (χ4v) is 9.14. The third kappa shape index (κ3) is 15.9. The molecular weight excluding hydrogens is 953 g/mol. The van der Waals surface area contributed by atoms with Crippen LogP contribution in [0.2, 0.25) is 0 Å². The molecule has 15 heteroatoms. The van der Waals surface area contributed by atoms with Crippen molar-refractivity contribution >= 4 is 36.0 Å². The van der Waals surface area contributed by atoms with Crippen LogP contribution >= 0.6 is 0 Å². The molecule has 15 nitrogen and oxygen atoms in total. The Morgan fingerprint density at radius 2 is 0.907 bits per heavy atom. The molecule has 2 aliphatic carbocycles. The molecule has 9 rings (SSSR count). The zero-order chi connectivity index (χ0) is 53.7. The molecule has 3 amide bonds. The zero-order valence-corrected chi connectivity index (χ0v) is 42.7. The van der Waals surface area contributed by atoms with Crippen LogP contribution in [0.4, 0.5) is 9.59 Å². The van der Waals surface area contributed by atoms with Crippen LogP contribution in [0.25, 0.3) is 22.3 Å². The van der Waals surface area contributed by atoms with E-state index in [1.165, 1.54) is 41.9 Å². The summed E-state index contributed by atoms with van der Waals surface area (Å²) in [7, 11) is 0. The van der Waals surface area contributed by atoms with Crippen LogP contribution < -0.4 is 11.1 Å². The van der Waals surface area contributed by atoms with Gasteiger partial charge in [0.25, 0.3) is 11.8 Å². The molecule has 0 radical (unpaired) electrons. The van der Waals surface area contributed by atoms with Gasteiger partial charge in [-0.15, -0.1) is 0 Å². The molecule has 0 bridgehead atoms. The Morgan fingerprint density at radius 1 is 0.547 bits per heavy atom. The van der Waals surface area contributed by atoms with Crippen molar-refractivity contribution in [3.8, 4) is 22.3 Å². The molecule has 0 unspecified atom stereocenters.